The van der Waals surface area contributed by atoms with Crippen molar-refractivity contribution < 1.29 is 17.9 Å². The van der Waals surface area contributed by atoms with E-state index in [4.69, 9.17) is 10.5 Å². The van der Waals surface area contributed by atoms with E-state index in [-0.39, 0.29) is 48.8 Å². The van der Waals surface area contributed by atoms with Crippen molar-refractivity contribution in [1.29, 1.82) is 0 Å². The highest BCUT2D eigenvalue weighted by Gasteiger charge is 2.33. The lowest BCUT2D eigenvalue weighted by atomic mass is 10.2. The van der Waals surface area contributed by atoms with Crippen LogP contribution >= 0.6 is 24.0 Å². The van der Waals surface area contributed by atoms with Crippen molar-refractivity contribution in [2.24, 2.45) is 10.7 Å². The third kappa shape index (κ3) is 6.58. The summed E-state index contributed by atoms with van der Waals surface area (Å²) in [6.45, 7) is 0.331. The first-order valence-electron chi connectivity index (χ1n) is 7.37. The standard InChI is InChI=1S/C16H18F3N5O.HI/c1-25-12-5-2-4-11(10-12)24-15(20)23-9-8-22-14-13(16(17,18)19)6-3-7-21-14;/h2-7,10H,8-9H2,1H3,(H,21,22)(H3,20,23,24);1H. The molecule has 0 radical (unpaired) electrons. The highest BCUT2D eigenvalue weighted by atomic mass is 127. The highest BCUT2D eigenvalue weighted by molar-refractivity contribution is 14.0. The Labute approximate surface area is 166 Å². The van der Waals surface area contributed by atoms with Crippen molar-refractivity contribution in [2.45, 2.75) is 6.18 Å². The number of aromatic nitrogens is 1. The van der Waals surface area contributed by atoms with E-state index in [9.17, 15) is 13.2 Å². The molecule has 0 saturated carbocycles. The van der Waals surface area contributed by atoms with Gasteiger partial charge in [-0.15, -0.1) is 24.0 Å². The Morgan fingerprint density at radius 2 is 2.04 bits per heavy atom. The summed E-state index contributed by atoms with van der Waals surface area (Å²) in [6.07, 6.45) is -3.17. The van der Waals surface area contributed by atoms with Crippen LogP contribution in [0.5, 0.6) is 5.75 Å². The Bertz CT molecular complexity index is 740. The van der Waals surface area contributed by atoms with Gasteiger partial charge in [0.05, 0.1) is 19.2 Å². The minimum Gasteiger partial charge on any atom is -0.497 e. The molecule has 0 fully saturated rings. The molecule has 0 saturated heterocycles. The van der Waals surface area contributed by atoms with Gasteiger partial charge >= 0.3 is 6.18 Å². The van der Waals surface area contributed by atoms with Crippen LogP contribution in [0.4, 0.5) is 24.7 Å². The number of hydrogen-bond donors (Lipinski definition) is 3. The molecule has 0 unspecified atom stereocenters. The second-order valence-corrected chi connectivity index (χ2v) is 4.95. The van der Waals surface area contributed by atoms with Crippen molar-refractivity contribution in [3.63, 3.8) is 0 Å². The molecule has 0 aliphatic heterocycles. The van der Waals surface area contributed by atoms with Crippen LogP contribution in [-0.2, 0) is 6.18 Å². The molecule has 142 valence electrons. The predicted octanol–water partition coefficient (Wildman–Crippen LogP) is 3.57. The third-order valence-corrected chi connectivity index (χ3v) is 3.14. The number of alkyl halides is 3. The molecule has 26 heavy (non-hydrogen) atoms. The molecule has 1 heterocycles. The van der Waals surface area contributed by atoms with Gasteiger partial charge in [-0.05, 0) is 24.3 Å². The van der Waals surface area contributed by atoms with Gasteiger partial charge in [0, 0.05) is 24.5 Å². The number of halogens is 4. The third-order valence-electron chi connectivity index (χ3n) is 3.14. The normalized spacial score (nSPS) is 11.5. The second-order valence-electron chi connectivity index (χ2n) is 4.95. The molecule has 2 rings (SSSR count). The molecule has 4 N–H and O–H groups in total. The topological polar surface area (TPSA) is 84.6 Å². The lowest BCUT2D eigenvalue weighted by Gasteiger charge is -2.12. The van der Waals surface area contributed by atoms with E-state index in [0.717, 1.165) is 6.07 Å². The number of anilines is 2. The zero-order valence-electron chi connectivity index (χ0n) is 13.9. The predicted molar refractivity (Wildman–Crippen MR) is 106 cm³/mol. The lowest BCUT2D eigenvalue weighted by molar-refractivity contribution is -0.137. The number of pyridine rings is 1. The number of guanidine groups is 1. The maximum atomic E-state index is 12.8. The summed E-state index contributed by atoms with van der Waals surface area (Å²) in [5, 5.41) is 5.49. The molecule has 2 aromatic rings. The molecule has 1 aromatic heterocycles. The number of ether oxygens (including phenoxy) is 1. The lowest BCUT2D eigenvalue weighted by Crippen LogP contribution is -2.24. The number of benzene rings is 1. The molecule has 0 aliphatic rings. The molecule has 0 bridgehead atoms. The van der Waals surface area contributed by atoms with E-state index < -0.39 is 11.7 Å². The van der Waals surface area contributed by atoms with Crippen molar-refractivity contribution >= 4 is 41.4 Å². The summed E-state index contributed by atoms with van der Waals surface area (Å²) in [5.74, 6) is 0.575. The molecule has 1 aromatic carbocycles. The first-order valence-corrected chi connectivity index (χ1v) is 7.37. The van der Waals surface area contributed by atoms with E-state index in [1.54, 1.807) is 31.4 Å². The number of nitrogens with zero attached hydrogens (tertiary/aromatic N) is 2. The van der Waals surface area contributed by atoms with Crippen LogP contribution in [0.25, 0.3) is 0 Å². The van der Waals surface area contributed by atoms with Gasteiger partial charge in [0.15, 0.2) is 5.96 Å². The molecule has 6 nitrogen and oxygen atoms in total. The van der Waals surface area contributed by atoms with Crippen LogP contribution in [-0.4, -0.2) is 31.1 Å². The summed E-state index contributed by atoms with van der Waals surface area (Å²) in [5.41, 5.74) is 5.62. The molecule has 0 aliphatic carbocycles. The average molecular weight is 481 g/mol. The number of hydrogen-bond acceptors (Lipinski definition) is 4. The van der Waals surface area contributed by atoms with E-state index in [2.05, 4.69) is 20.6 Å². The van der Waals surface area contributed by atoms with Gasteiger partial charge in [-0.3, -0.25) is 4.99 Å². The Kier molecular flexibility index (Phi) is 8.42. The zero-order chi connectivity index (χ0) is 18.3. The van der Waals surface area contributed by atoms with Crippen LogP contribution in [0.15, 0.2) is 47.6 Å². The first kappa shape index (κ1) is 21.8. The highest BCUT2D eigenvalue weighted by Crippen LogP contribution is 2.33. The fourth-order valence-corrected chi connectivity index (χ4v) is 2.01. The maximum absolute atomic E-state index is 12.8. The minimum atomic E-state index is -4.47. The second kappa shape index (κ2) is 10.0. The van der Waals surface area contributed by atoms with Gasteiger partial charge < -0.3 is 21.1 Å². The maximum Gasteiger partial charge on any atom is 0.419 e. The summed E-state index contributed by atoms with van der Waals surface area (Å²) in [6, 6.07) is 9.31. The number of methoxy groups -OCH3 is 1. The monoisotopic (exact) mass is 481 g/mol. The van der Waals surface area contributed by atoms with Crippen LogP contribution < -0.4 is 21.1 Å². The van der Waals surface area contributed by atoms with Gasteiger partial charge in [-0.25, -0.2) is 4.98 Å². The number of aliphatic imine (C=N–C) groups is 1. The fourth-order valence-electron chi connectivity index (χ4n) is 2.01. The van der Waals surface area contributed by atoms with E-state index in [0.29, 0.717) is 11.4 Å². The number of nitrogens with two attached hydrogens (primary N) is 1. The minimum absolute atomic E-state index is 0. The van der Waals surface area contributed by atoms with Gasteiger partial charge in [-0.2, -0.15) is 13.2 Å². The Balaban J connectivity index is 0.00000338. The molecule has 0 atom stereocenters. The number of rotatable bonds is 6. The van der Waals surface area contributed by atoms with Crippen molar-refractivity contribution in [3.8, 4) is 5.75 Å². The van der Waals surface area contributed by atoms with Crippen molar-refractivity contribution in [2.75, 3.05) is 30.8 Å². The molecular weight excluding hydrogens is 462 g/mol. The van der Waals surface area contributed by atoms with E-state index in [1.165, 1.54) is 12.3 Å². The van der Waals surface area contributed by atoms with Crippen LogP contribution in [0, 0.1) is 0 Å². The Morgan fingerprint density at radius 1 is 1.27 bits per heavy atom. The molecule has 0 spiro atoms. The van der Waals surface area contributed by atoms with Gasteiger partial charge in [-0.1, -0.05) is 6.07 Å². The summed E-state index contributed by atoms with van der Waals surface area (Å²) in [4.78, 5) is 7.76. The Morgan fingerprint density at radius 3 is 2.73 bits per heavy atom. The van der Waals surface area contributed by atoms with Crippen LogP contribution in [0.3, 0.4) is 0 Å². The van der Waals surface area contributed by atoms with Gasteiger partial charge in [0.2, 0.25) is 0 Å². The smallest absolute Gasteiger partial charge is 0.419 e. The molecule has 0 amide bonds. The summed E-state index contributed by atoms with van der Waals surface area (Å²) in [7, 11) is 1.55. The summed E-state index contributed by atoms with van der Waals surface area (Å²) < 4.78 is 43.6. The first-order chi connectivity index (χ1) is 11.9. The SMILES string of the molecule is COc1cccc(NC(N)=NCCNc2ncccc2C(F)(F)F)c1.I. The van der Waals surface area contributed by atoms with E-state index >= 15 is 0 Å². The number of nitrogens with one attached hydrogen (secondary N) is 2. The fraction of sp³-hybridized carbons (Fsp3) is 0.250. The summed E-state index contributed by atoms with van der Waals surface area (Å²) >= 11 is 0. The van der Waals surface area contributed by atoms with Crippen molar-refractivity contribution in [3.05, 3.63) is 48.2 Å². The van der Waals surface area contributed by atoms with Crippen LogP contribution in [0.1, 0.15) is 5.56 Å². The van der Waals surface area contributed by atoms with Gasteiger partial charge in [0.1, 0.15) is 11.6 Å². The Hall–Kier alpha value is -2.24. The molecule has 10 heteroatoms. The molecular formula is C16H19F3IN5O. The average Bonchev–Trinajstić information content (AvgIpc) is 2.58. The van der Waals surface area contributed by atoms with Crippen LogP contribution in [0.2, 0.25) is 0 Å². The zero-order valence-corrected chi connectivity index (χ0v) is 16.2. The largest absolute Gasteiger partial charge is 0.497 e. The van der Waals surface area contributed by atoms with Crippen molar-refractivity contribution in [1.82, 2.24) is 4.98 Å². The quantitative estimate of drug-likeness (QED) is 0.254. The van der Waals surface area contributed by atoms with Gasteiger partial charge in [0.25, 0.3) is 0 Å². The van der Waals surface area contributed by atoms with E-state index in [1.807, 2.05) is 0 Å².